The van der Waals surface area contributed by atoms with Gasteiger partial charge in [-0.05, 0) is 50.6 Å². The third-order valence-electron chi connectivity index (χ3n) is 3.54. The Balaban J connectivity index is 2.16. The number of rotatable bonds is 5. The zero-order valence-corrected chi connectivity index (χ0v) is 14.2. The van der Waals surface area contributed by atoms with Crippen molar-refractivity contribution in [1.82, 2.24) is 5.32 Å². The van der Waals surface area contributed by atoms with Crippen LogP contribution in [-0.4, -0.2) is 31.8 Å². The van der Waals surface area contributed by atoms with Gasteiger partial charge in [-0.2, -0.15) is 0 Å². The topological polar surface area (TPSA) is 24.5 Å². The first kappa shape index (κ1) is 15.8. The molecule has 2 atom stereocenters. The van der Waals surface area contributed by atoms with Gasteiger partial charge in [-0.25, -0.2) is 0 Å². The van der Waals surface area contributed by atoms with Crippen molar-refractivity contribution >= 4 is 21.6 Å². The Labute approximate surface area is 130 Å². The molecular weight excluding hydrogens is 316 g/mol. The zero-order valence-electron chi connectivity index (χ0n) is 12.7. The Kier molecular flexibility index (Phi) is 5.87. The van der Waals surface area contributed by atoms with Gasteiger partial charge in [-0.3, -0.25) is 0 Å². The molecule has 0 saturated carbocycles. The fourth-order valence-corrected chi connectivity index (χ4v) is 3.19. The number of nitrogens with zero attached hydrogens (tertiary/aromatic N) is 1. The van der Waals surface area contributed by atoms with Gasteiger partial charge in [-0.1, -0.05) is 22.9 Å². The lowest BCUT2D eigenvalue weighted by Crippen LogP contribution is -2.46. The van der Waals surface area contributed by atoms with Gasteiger partial charge in [0.15, 0.2) is 0 Å². The van der Waals surface area contributed by atoms with Crippen molar-refractivity contribution in [2.45, 2.75) is 45.9 Å². The maximum Gasteiger partial charge on any atom is 0.0726 e. The lowest BCUT2D eigenvalue weighted by Gasteiger charge is -2.38. The number of halogens is 1. The largest absolute Gasteiger partial charge is 0.372 e. The highest BCUT2D eigenvalue weighted by Crippen LogP contribution is 2.27. The molecule has 1 aromatic carbocycles. The molecule has 4 heteroatoms. The Morgan fingerprint density at radius 3 is 2.65 bits per heavy atom. The molecule has 20 heavy (non-hydrogen) atoms. The molecule has 0 spiro atoms. The number of anilines is 1. The van der Waals surface area contributed by atoms with Crippen molar-refractivity contribution in [2.24, 2.45) is 0 Å². The van der Waals surface area contributed by atoms with Crippen molar-refractivity contribution < 1.29 is 4.74 Å². The average Bonchev–Trinajstić information content (AvgIpc) is 2.38. The summed E-state index contributed by atoms with van der Waals surface area (Å²) < 4.78 is 6.98. The van der Waals surface area contributed by atoms with Gasteiger partial charge in [0, 0.05) is 29.8 Å². The molecule has 0 unspecified atom stereocenters. The first-order valence-corrected chi connectivity index (χ1v) is 8.29. The molecule has 0 aromatic heterocycles. The van der Waals surface area contributed by atoms with E-state index in [1.165, 1.54) is 11.3 Å². The second-order valence-corrected chi connectivity index (χ2v) is 6.53. The van der Waals surface area contributed by atoms with E-state index in [0.717, 1.165) is 37.1 Å². The fraction of sp³-hybridized carbons (Fsp3) is 0.625. The van der Waals surface area contributed by atoms with Gasteiger partial charge in [0.1, 0.15) is 0 Å². The highest BCUT2D eigenvalue weighted by molar-refractivity contribution is 9.10. The molecule has 1 saturated heterocycles. The predicted molar refractivity (Wildman–Crippen MR) is 88.4 cm³/mol. The summed E-state index contributed by atoms with van der Waals surface area (Å²) in [7, 11) is 0. The highest BCUT2D eigenvalue weighted by atomic mass is 79.9. The lowest BCUT2D eigenvalue weighted by atomic mass is 10.1. The summed E-state index contributed by atoms with van der Waals surface area (Å²) in [4.78, 5) is 2.45. The molecular formula is C16H25BrN2O. The van der Waals surface area contributed by atoms with Crippen LogP contribution < -0.4 is 10.2 Å². The van der Waals surface area contributed by atoms with Crippen LogP contribution in [0.25, 0.3) is 0 Å². The van der Waals surface area contributed by atoms with E-state index in [0.29, 0.717) is 12.2 Å². The van der Waals surface area contributed by atoms with Crippen molar-refractivity contribution in [3.05, 3.63) is 28.2 Å². The number of ether oxygens (including phenoxy) is 1. The van der Waals surface area contributed by atoms with E-state index >= 15 is 0 Å². The van der Waals surface area contributed by atoms with Gasteiger partial charge in [0.25, 0.3) is 0 Å². The molecule has 112 valence electrons. The van der Waals surface area contributed by atoms with E-state index in [1.807, 2.05) is 0 Å². The standard InChI is InChI=1S/C16H25BrN2O/c1-4-7-18-9-14-8-15(17)5-6-16(14)19-10-12(2)20-13(3)11-19/h5-6,8,12-13,18H,4,7,9-11H2,1-3H3/t12-,13+. The van der Waals surface area contributed by atoms with Crippen molar-refractivity contribution in [3.8, 4) is 0 Å². The van der Waals surface area contributed by atoms with E-state index in [2.05, 4.69) is 65.1 Å². The molecule has 0 amide bonds. The maximum atomic E-state index is 5.83. The van der Waals surface area contributed by atoms with Gasteiger partial charge in [-0.15, -0.1) is 0 Å². The number of morpholine rings is 1. The summed E-state index contributed by atoms with van der Waals surface area (Å²) in [6, 6.07) is 6.57. The van der Waals surface area contributed by atoms with Crippen LogP contribution in [0.5, 0.6) is 0 Å². The summed E-state index contributed by atoms with van der Waals surface area (Å²) in [5.74, 6) is 0. The first-order valence-electron chi connectivity index (χ1n) is 7.49. The van der Waals surface area contributed by atoms with Crippen LogP contribution in [0.3, 0.4) is 0 Å². The number of hydrogen-bond donors (Lipinski definition) is 1. The maximum absolute atomic E-state index is 5.83. The molecule has 1 heterocycles. The summed E-state index contributed by atoms with van der Waals surface area (Å²) in [5, 5.41) is 3.50. The summed E-state index contributed by atoms with van der Waals surface area (Å²) in [5.41, 5.74) is 2.69. The third-order valence-corrected chi connectivity index (χ3v) is 4.04. The molecule has 3 nitrogen and oxygen atoms in total. The molecule has 0 radical (unpaired) electrons. The molecule has 1 aliphatic heterocycles. The summed E-state index contributed by atoms with van der Waals surface area (Å²) >= 11 is 3.58. The smallest absolute Gasteiger partial charge is 0.0726 e. The van der Waals surface area contributed by atoms with Crippen LogP contribution >= 0.6 is 15.9 Å². The van der Waals surface area contributed by atoms with E-state index < -0.39 is 0 Å². The predicted octanol–water partition coefficient (Wildman–Crippen LogP) is 3.56. The number of nitrogens with one attached hydrogen (secondary N) is 1. The van der Waals surface area contributed by atoms with Crippen molar-refractivity contribution in [2.75, 3.05) is 24.5 Å². The number of hydrogen-bond acceptors (Lipinski definition) is 3. The Hall–Kier alpha value is -0.580. The molecule has 1 aromatic rings. The normalized spacial score (nSPS) is 23.1. The minimum Gasteiger partial charge on any atom is -0.372 e. The first-order chi connectivity index (χ1) is 9.60. The van der Waals surface area contributed by atoms with Crippen LogP contribution in [0.1, 0.15) is 32.8 Å². The van der Waals surface area contributed by atoms with Gasteiger partial charge >= 0.3 is 0 Å². The second-order valence-electron chi connectivity index (χ2n) is 5.61. The van der Waals surface area contributed by atoms with Gasteiger partial charge < -0.3 is 15.0 Å². The van der Waals surface area contributed by atoms with Crippen LogP contribution in [0.15, 0.2) is 22.7 Å². The molecule has 2 rings (SSSR count). The molecule has 1 N–H and O–H groups in total. The highest BCUT2D eigenvalue weighted by Gasteiger charge is 2.23. The molecule has 1 fully saturated rings. The minimum atomic E-state index is 0.291. The summed E-state index contributed by atoms with van der Waals surface area (Å²) in [6.07, 6.45) is 1.74. The van der Waals surface area contributed by atoms with Gasteiger partial charge in [0.2, 0.25) is 0 Å². The van der Waals surface area contributed by atoms with E-state index in [9.17, 15) is 0 Å². The van der Waals surface area contributed by atoms with Crippen LogP contribution in [-0.2, 0) is 11.3 Å². The monoisotopic (exact) mass is 340 g/mol. The third kappa shape index (κ3) is 4.21. The molecule has 1 aliphatic rings. The Morgan fingerprint density at radius 1 is 1.30 bits per heavy atom. The Morgan fingerprint density at radius 2 is 2.00 bits per heavy atom. The number of benzene rings is 1. The fourth-order valence-electron chi connectivity index (χ4n) is 2.78. The quantitative estimate of drug-likeness (QED) is 0.829. The van der Waals surface area contributed by atoms with E-state index in [-0.39, 0.29) is 0 Å². The SMILES string of the molecule is CCCNCc1cc(Br)ccc1N1C[C@@H](C)O[C@@H](C)C1. The van der Waals surface area contributed by atoms with Crippen LogP contribution in [0.2, 0.25) is 0 Å². The van der Waals surface area contributed by atoms with Gasteiger partial charge in [0.05, 0.1) is 12.2 Å². The Bertz CT molecular complexity index is 428. The van der Waals surface area contributed by atoms with Crippen LogP contribution in [0.4, 0.5) is 5.69 Å². The summed E-state index contributed by atoms with van der Waals surface area (Å²) in [6.45, 7) is 10.4. The average molecular weight is 341 g/mol. The lowest BCUT2D eigenvalue weighted by molar-refractivity contribution is -0.00526. The molecule has 0 bridgehead atoms. The molecule has 0 aliphatic carbocycles. The van der Waals surface area contributed by atoms with Crippen molar-refractivity contribution in [1.29, 1.82) is 0 Å². The van der Waals surface area contributed by atoms with Crippen LogP contribution in [0, 0.1) is 0 Å². The van der Waals surface area contributed by atoms with Crippen molar-refractivity contribution in [3.63, 3.8) is 0 Å². The van der Waals surface area contributed by atoms with E-state index in [4.69, 9.17) is 4.74 Å². The zero-order chi connectivity index (χ0) is 14.5. The second kappa shape index (κ2) is 7.43. The minimum absolute atomic E-state index is 0.291. The van der Waals surface area contributed by atoms with E-state index in [1.54, 1.807) is 0 Å².